The summed E-state index contributed by atoms with van der Waals surface area (Å²) in [5, 5.41) is 19.5. The standard InChI is InChI=1S/C15H18BrN3OS/c1-10(20)12-7-6-11(16)9-13(12)21-15-18-17-14-5-3-2-4-8-19(14)15/h6-7,9-10,20H,2-5,8H2,1H3. The quantitative estimate of drug-likeness (QED) is 0.891. The second kappa shape index (κ2) is 6.50. The number of aromatic nitrogens is 3. The molecule has 2 heterocycles. The van der Waals surface area contributed by atoms with Gasteiger partial charge in [0.2, 0.25) is 0 Å². The lowest BCUT2D eigenvalue weighted by atomic mass is 10.1. The molecule has 1 atom stereocenters. The van der Waals surface area contributed by atoms with E-state index >= 15 is 0 Å². The predicted molar refractivity (Wildman–Crippen MR) is 86.5 cm³/mol. The highest BCUT2D eigenvalue weighted by molar-refractivity contribution is 9.10. The van der Waals surface area contributed by atoms with Crippen molar-refractivity contribution in [1.82, 2.24) is 14.8 Å². The van der Waals surface area contributed by atoms with Gasteiger partial charge in [-0.3, -0.25) is 0 Å². The smallest absolute Gasteiger partial charge is 0.196 e. The average Bonchev–Trinajstić information content (AvgIpc) is 2.68. The average molecular weight is 368 g/mol. The maximum atomic E-state index is 9.94. The Morgan fingerprint density at radius 1 is 1.29 bits per heavy atom. The van der Waals surface area contributed by atoms with Crippen LogP contribution >= 0.6 is 27.7 Å². The van der Waals surface area contributed by atoms with Crippen LogP contribution in [0.5, 0.6) is 0 Å². The molecule has 0 saturated carbocycles. The van der Waals surface area contributed by atoms with Crippen molar-refractivity contribution >= 4 is 27.7 Å². The maximum Gasteiger partial charge on any atom is 0.196 e. The van der Waals surface area contributed by atoms with Gasteiger partial charge >= 0.3 is 0 Å². The Kier molecular flexibility index (Phi) is 4.66. The van der Waals surface area contributed by atoms with Gasteiger partial charge in [0.05, 0.1) is 6.10 Å². The van der Waals surface area contributed by atoms with Crippen molar-refractivity contribution in [1.29, 1.82) is 0 Å². The summed E-state index contributed by atoms with van der Waals surface area (Å²) in [7, 11) is 0. The van der Waals surface area contributed by atoms with Crippen LogP contribution in [0.1, 0.15) is 43.7 Å². The normalized spacial score (nSPS) is 16.3. The molecule has 0 radical (unpaired) electrons. The first-order valence-electron chi connectivity index (χ1n) is 7.22. The number of aliphatic hydroxyl groups is 1. The van der Waals surface area contributed by atoms with Crippen LogP contribution in [-0.4, -0.2) is 19.9 Å². The molecule has 3 rings (SSSR count). The largest absolute Gasteiger partial charge is 0.389 e. The summed E-state index contributed by atoms with van der Waals surface area (Å²) in [6.07, 6.45) is 4.14. The van der Waals surface area contributed by atoms with Crippen LogP contribution < -0.4 is 0 Å². The van der Waals surface area contributed by atoms with Crippen LogP contribution in [0, 0.1) is 0 Å². The van der Waals surface area contributed by atoms with Gasteiger partial charge in [-0.1, -0.05) is 28.4 Å². The van der Waals surface area contributed by atoms with E-state index in [2.05, 4.69) is 30.7 Å². The molecule has 0 saturated heterocycles. The molecule has 112 valence electrons. The van der Waals surface area contributed by atoms with Gasteiger partial charge in [0.15, 0.2) is 5.16 Å². The Hall–Kier alpha value is -0.850. The molecule has 0 amide bonds. The van der Waals surface area contributed by atoms with E-state index in [1.807, 2.05) is 18.2 Å². The van der Waals surface area contributed by atoms with Gasteiger partial charge in [0.1, 0.15) is 5.82 Å². The number of fused-ring (bicyclic) bond motifs is 1. The van der Waals surface area contributed by atoms with Crippen molar-refractivity contribution < 1.29 is 5.11 Å². The van der Waals surface area contributed by atoms with E-state index in [0.717, 1.165) is 38.9 Å². The topological polar surface area (TPSA) is 50.9 Å². The van der Waals surface area contributed by atoms with Gasteiger partial charge < -0.3 is 9.67 Å². The number of nitrogens with zero attached hydrogens (tertiary/aromatic N) is 3. The number of hydrogen-bond acceptors (Lipinski definition) is 4. The van der Waals surface area contributed by atoms with E-state index in [1.54, 1.807) is 18.7 Å². The van der Waals surface area contributed by atoms with E-state index in [9.17, 15) is 5.11 Å². The molecule has 21 heavy (non-hydrogen) atoms. The second-order valence-electron chi connectivity index (χ2n) is 5.32. The molecule has 0 spiro atoms. The minimum atomic E-state index is -0.493. The van der Waals surface area contributed by atoms with Gasteiger partial charge in [0.25, 0.3) is 0 Å². The van der Waals surface area contributed by atoms with Crippen LogP contribution in [0.3, 0.4) is 0 Å². The minimum absolute atomic E-state index is 0.493. The highest BCUT2D eigenvalue weighted by Gasteiger charge is 2.18. The molecule has 1 aliphatic heterocycles. The van der Waals surface area contributed by atoms with Gasteiger partial charge in [-0.15, -0.1) is 10.2 Å². The molecular weight excluding hydrogens is 350 g/mol. The summed E-state index contributed by atoms with van der Waals surface area (Å²) >= 11 is 5.09. The molecular formula is C15H18BrN3OS. The van der Waals surface area contributed by atoms with Crippen molar-refractivity contribution in [3.63, 3.8) is 0 Å². The number of aliphatic hydroxyl groups excluding tert-OH is 1. The molecule has 1 unspecified atom stereocenters. The molecule has 1 aromatic carbocycles. The summed E-state index contributed by atoms with van der Waals surface area (Å²) in [4.78, 5) is 1.03. The third-order valence-electron chi connectivity index (χ3n) is 3.70. The number of hydrogen-bond donors (Lipinski definition) is 1. The van der Waals surface area contributed by atoms with Crippen LogP contribution in [0.2, 0.25) is 0 Å². The Labute approximate surface area is 137 Å². The zero-order valence-corrected chi connectivity index (χ0v) is 14.3. The summed E-state index contributed by atoms with van der Waals surface area (Å²) in [6, 6.07) is 5.94. The lowest BCUT2D eigenvalue weighted by Gasteiger charge is -2.12. The van der Waals surface area contributed by atoms with Gasteiger partial charge in [-0.05, 0) is 49.2 Å². The lowest BCUT2D eigenvalue weighted by Crippen LogP contribution is -2.02. The lowest BCUT2D eigenvalue weighted by molar-refractivity contribution is 0.196. The first-order chi connectivity index (χ1) is 10.1. The number of aryl methyl sites for hydroxylation is 1. The zero-order chi connectivity index (χ0) is 14.8. The fraction of sp³-hybridized carbons (Fsp3) is 0.467. The van der Waals surface area contributed by atoms with Crippen LogP contribution in [-0.2, 0) is 13.0 Å². The second-order valence-corrected chi connectivity index (χ2v) is 7.25. The number of halogens is 1. The molecule has 1 N–H and O–H groups in total. The van der Waals surface area contributed by atoms with E-state index in [4.69, 9.17) is 0 Å². The summed E-state index contributed by atoms with van der Waals surface area (Å²) in [5.74, 6) is 1.09. The Bertz CT molecular complexity index is 642. The molecule has 1 aromatic heterocycles. The summed E-state index contributed by atoms with van der Waals surface area (Å²) < 4.78 is 3.23. The summed E-state index contributed by atoms with van der Waals surface area (Å²) in [6.45, 7) is 2.78. The van der Waals surface area contributed by atoms with Crippen molar-refractivity contribution in [2.45, 2.75) is 55.3 Å². The number of benzene rings is 1. The van der Waals surface area contributed by atoms with Crippen LogP contribution in [0.4, 0.5) is 0 Å². The minimum Gasteiger partial charge on any atom is -0.389 e. The molecule has 0 aliphatic carbocycles. The first-order valence-corrected chi connectivity index (χ1v) is 8.83. The number of rotatable bonds is 3. The highest BCUT2D eigenvalue weighted by Crippen LogP contribution is 2.35. The Balaban J connectivity index is 1.94. The van der Waals surface area contributed by atoms with E-state index < -0.39 is 6.10 Å². The fourth-order valence-electron chi connectivity index (χ4n) is 2.57. The molecule has 2 aromatic rings. The predicted octanol–water partition coefficient (Wildman–Crippen LogP) is 3.97. The van der Waals surface area contributed by atoms with Gasteiger partial charge in [0, 0.05) is 22.3 Å². The van der Waals surface area contributed by atoms with Crippen molar-refractivity contribution in [3.05, 3.63) is 34.1 Å². The third kappa shape index (κ3) is 3.33. The molecule has 4 nitrogen and oxygen atoms in total. The molecule has 1 aliphatic rings. The van der Waals surface area contributed by atoms with Crippen molar-refractivity contribution in [2.24, 2.45) is 0 Å². The summed E-state index contributed by atoms with van der Waals surface area (Å²) in [5.41, 5.74) is 0.925. The van der Waals surface area contributed by atoms with E-state index in [1.165, 1.54) is 19.3 Å². The Morgan fingerprint density at radius 3 is 2.95 bits per heavy atom. The van der Waals surface area contributed by atoms with Crippen molar-refractivity contribution in [3.8, 4) is 0 Å². The highest BCUT2D eigenvalue weighted by atomic mass is 79.9. The van der Waals surface area contributed by atoms with E-state index in [-0.39, 0.29) is 0 Å². The maximum absolute atomic E-state index is 9.94. The molecule has 6 heteroatoms. The van der Waals surface area contributed by atoms with Gasteiger partial charge in [-0.2, -0.15) is 0 Å². The van der Waals surface area contributed by atoms with Crippen LogP contribution in [0.25, 0.3) is 0 Å². The monoisotopic (exact) mass is 367 g/mol. The fourth-order valence-corrected chi connectivity index (χ4v) is 4.21. The van der Waals surface area contributed by atoms with Crippen LogP contribution in [0.15, 0.2) is 32.7 Å². The first kappa shape index (κ1) is 15.1. The van der Waals surface area contributed by atoms with Crippen molar-refractivity contribution in [2.75, 3.05) is 0 Å². The van der Waals surface area contributed by atoms with E-state index in [0.29, 0.717) is 0 Å². The van der Waals surface area contributed by atoms with Gasteiger partial charge in [-0.25, -0.2) is 0 Å². The molecule has 0 bridgehead atoms. The third-order valence-corrected chi connectivity index (χ3v) is 5.25. The molecule has 0 fully saturated rings. The SMILES string of the molecule is CC(O)c1ccc(Br)cc1Sc1nnc2n1CCCCC2. The Morgan fingerprint density at radius 2 is 2.14 bits per heavy atom. The zero-order valence-electron chi connectivity index (χ0n) is 11.9.